The second-order valence-corrected chi connectivity index (χ2v) is 8.60. The van der Waals surface area contributed by atoms with E-state index in [-0.39, 0.29) is 18.9 Å². The first-order chi connectivity index (χ1) is 15.1. The van der Waals surface area contributed by atoms with E-state index in [0.717, 1.165) is 18.4 Å². The molecular weight excluding hydrogens is 394 g/mol. The zero-order chi connectivity index (χ0) is 22.1. The van der Waals surface area contributed by atoms with Gasteiger partial charge in [0.2, 0.25) is 5.91 Å². The number of nitrogens with two attached hydrogens (primary N) is 1. The fraction of sp³-hybridized carbons (Fsp3) is 0.625. The summed E-state index contributed by atoms with van der Waals surface area (Å²) in [5, 5.41) is 10.5. The monoisotopic (exact) mass is 427 g/mol. The molecule has 168 valence electrons. The van der Waals surface area contributed by atoms with Crippen molar-refractivity contribution in [3.05, 3.63) is 35.9 Å². The molecule has 31 heavy (non-hydrogen) atoms. The van der Waals surface area contributed by atoms with Crippen molar-refractivity contribution in [1.82, 2.24) is 4.90 Å². The van der Waals surface area contributed by atoms with Gasteiger partial charge in [0, 0.05) is 19.5 Å². The van der Waals surface area contributed by atoms with Crippen LogP contribution in [-0.4, -0.2) is 49.8 Å². The molecule has 0 radical (unpaired) electrons. The van der Waals surface area contributed by atoms with Crippen molar-refractivity contribution in [2.45, 2.75) is 50.4 Å². The van der Waals surface area contributed by atoms with Gasteiger partial charge in [-0.15, -0.1) is 0 Å². The van der Waals surface area contributed by atoms with Crippen LogP contribution in [-0.2, 0) is 19.7 Å². The quantitative estimate of drug-likeness (QED) is 0.685. The SMILES string of the molecule is N#CC(CCOC(N)=O)(c1ccccc1)C(CC1CCCCC1)C(=O)N1CCOCC1. The number of morpholine rings is 1. The smallest absolute Gasteiger partial charge is 0.404 e. The summed E-state index contributed by atoms with van der Waals surface area (Å²) in [4.78, 5) is 26.9. The molecule has 0 bridgehead atoms. The summed E-state index contributed by atoms with van der Waals surface area (Å²) >= 11 is 0. The highest BCUT2D eigenvalue weighted by atomic mass is 16.5. The number of carbonyl (C=O) groups excluding carboxylic acids is 2. The standard InChI is InChI=1S/C24H33N3O4/c25-18-24(11-14-31-23(26)29,20-9-5-2-6-10-20)21(17-19-7-3-1-4-8-19)22(28)27-12-15-30-16-13-27/h2,5-6,9-10,19,21H,1,3-4,7-8,11-17H2,(H2,26,29). The van der Waals surface area contributed by atoms with Gasteiger partial charge >= 0.3 is 6.09 Å². The van der Waals surface area contributed by atoms with Crippen LogP contribution in [0.3, 0.4) is 0 Å². The van der Waals surface area contributed by atoms with Crippen molar-refractivity contribution in [3.63, 3.8) is 0 Å². The second-order valence-electron chi connectivity index (χ2n) is 8.60. The molecule has 7 heteroatoms. The van der Waals surface area contributed by atoms with Gasteiger partial charge in [0.25, 0.3) is 0 Å². The summed E-state index contributed by atoms with van der Waals surface area (Å²) in [5.74, 6) is -0.104. The average Bonchev–Trinajstić information content (AvgIpc) is 2.82. The highest BCUT2D eigenvalue weighted by molar-refractivity contribution is 5.81. The molecule has 2 atom stereocenters. The van der Waals surface area contributed by atoms with Crippen LogP contribution in [0.4, 0.5) is 4.79 Å². The number of ether oxygens (including phenoxy) is 2. The number of hydrogen-bond donors (Lipinski definition) is 1. The zero-order valence-corrected chi connectivity index (χ0v) is 18.1. The van der Waals surface area contributed by atoms with E-state index in [2.05, 4.69) is 6.07 Å². The molecule has 2 amide bonds. The van der Waals surface area contributed by atoms with Crippen LogP contribution in [0.1, 0.15) is 50.5 Å². The lowest BCUT2D eigenvalue weighted by Gasteiger charge is -2.40. The Morgan fingerprint density at radius 2 is 1.87 bits per heavy atom. The van der Waals surface area contributed by atoms with E-state index in [0.29, 0.717) is 38.6 Å². The predicted molar refractivity (Wildman–Crippen MR) is 116 cm³/mol. The van der Waals surface area contributed by atoms with E-state index in [9.17, 15) is 14.9 Å². The molecule has 1 saturated heterocycles. The molecule has 1 saturated carbocycles. The van der Waals surface area contributed by atoms with Gasteiger partial charge in [-0.05, 0) is 17.9 Å². The van der Waals surface area contributed by atoms with Crippen molar-refractivity contribution in [3.8, 4) is 6.07 Å². The lowest BCUT2D eigenvalue weighted by molar-refractivity contribution is -0.142. The highest BCUT2D eigenvalue weighted by Crippen LogP contribution is 2.42. The molecule has 2 fully saturated rings. The summed E-state index contributed by atoms with van der Waals surface area (Å²) in [7, 11) is 0. The summed E-state index contributed by atoms with van der Waals surface area (Å²) in [6, 6.07) is 12.0. The summed E-state index contributed by atoms with van der Waals surface area (Å²) in [5.41, 5.74) is 4.86. The molecule has 7 nitrogen and oxygen atoms in total. The maximum absolute atomic E-state index is 13.8. The van der Waals surface area contributed by atoms with Crippen molar-refractivity contribution in [1.29, 1.82) is 5.26 Å². The van der Waals surface area contributed by atoms with Crippen molar-refractivity contribution in [2.24, 2.45) is 17.6 Å². The number of nitriles is 1. The Hall–Kier alpha value is -2.59. The maximum Gasteiger partial charge on any atom is 0.404 e. The molecule has 1 aromatic rings. The van der Waals surface area contributed by atoms with Gasteiger partial charge in [0.05, 0.1) is 37.2 Å². The number of primary amides is 1. The van der Waals surface area contributed by atoms with Crippen LogP contribution in [0.25, 0.3) is 0 Å². The molecule has 0 spiro atoms. The summed E-state index contributed by atoms with van der Waals surface area (Å²) < 4.78 is 10.5. The van der Waals surface area contributed by atoms with Gasteiger partial charge in [-0.2, -0.15) is 5.26 Å². The summed E-state index contributed by atoms with van der Waals surface area (Å²) in [6.45, 7) is 2.09. The molecule has 3 rings (SSSR count). The second kappa shape index (κ2) is 11.1. The lowest BCUT2D eigenvalue weighted by Crippen LogP contribution is -2.50. The Morgan fingerprint density at radius 3 is 2.48 bits per heavy atom. The summed E-state index contributed by atoms with van der Waals surface area (Å²) in [6.07, 6.45) is 5.74. The number of rotatable bonds is 8. The molecule has 1 heterocycles. The Balaban J connectivity index is 1.98. The van der Waals surface area contributed by atoms with Gasteiger partial charge in [-0.1, -0.05) is 62.4 Å². The third-order valence-corrected chi connectivity index (χ3v) is 6.74. The molecule has 1 aliphatic heterocycles. The molecule has 1 aliphatic carbocycles. The van der Waals surface area contributed by atoms with Crippen molar-refractivity contribution >= 4 is 12.0 Å². The van der Waals surface area contributed by atoms with Crippen molar-refractivity contribution < 1.29 is 19.1 Å². The van der Waals surface area contributed by atoms with Crippen LogP contribution in [0, 0.1) is 23.2 Å². The van der Waals surface area contributed by atoms with Crippen molar-refractivity contribution in [2.75, 3.05) is 32.9 Å². The Morgan fingerprint density at radius 1 is 1.19 bits per heavy atom. The third-order valence-electron chi connectivity index (χ3n) is 6.74. The average molecular weight is 428 g/mol. The van der Waals surface area contributed by atoms with Crippen LogP contribution < -0.4 is 5.73 Å². The minimum atomic E-state index is -1.09. The van der Waals surface area contributed by atoms with E-state index in [1.54, 1.807) is 0 Å². The van der Waals surface area contributed by atoms with E-state index in [1.165, 1.54) is 19.3 Å². The molecule has 1 aromatic carbocycles. The van der Waals surface area contributed by atoms with Crippen LogP contribution in [0.5, 0.6) is 0 Å². The maximum atomic E-state index is 13.8. The van der Waals surface area contributed by atoms with E-state index < -0.39 is 17.4 Å². The minimum absolute atomic E-state index is 0.00153. The van der Waals surface area contributed by atoms with Gasteiger partial charge in [0.1, 0.15) is 0 Å². The molecule has 2 aliphatic rings. The molecule has 0 aromatic heterocycles. The molecule has 2 unspecified atom stereocenters. The highest BCUT2D eigenvalue weighted by Gasteiger charge is 2.47. The molecular formula is C24H33N3O4. The molecule has 2 N–H and O–H groups in total. The number of amides is 2. The number of benzene rings is 1. The first-order valence-corrected chi connectivity index (χ1v) is 11.3. The van der Waals surface area contributed by atoms with Gasteiger partial charge in [-0.25, -0.2) is 4.79 Å². The van der Waals surface area contributed by atoms with Crippen LogP contribution >= 0.6 is 0 Å². The number of nitrogens with zero attached hydrogens (tertiary/aromatic N) is 2. The Labute approximate surface area is 184 Å². The Kier molecular flexibility index (Phi) is 8.30. The Bertz CT molecular complexity index is 767. The van der Waals surface area contributed by atoms with Crippen LogP contribution in [0.15, 0.2) is 30.3 Å². The van der Waals surface area contributed by atoms with Gasteiger partial charge in [-0.3, -0.25) is 4.79 Å². The number of carbonyl (C=O) groups is 2. The zero-order valence-electron chi connectivity index (χ0n) is 18.1. The van der Waals surface area contributed by atoms with E-state index >= 15 is 0 Å². The fourth-order valence-corrected chi connectivity index (χ4v) is 5.04. The van der Waals surface area contributed by atoms with Crippen LogP contribution in [0.2, 0.25) is 0 Å². The largest absolute Gasteiger partial charge is 0.450 e. The first-order valence-electron chi connectivity index (χ1n) is 11.3. The van der Waals surface area contributed by atoms with E-state index in [4.69, 9.17) is 15.2 Å². The minimum Gasteiger partial charge on any atom is -0.450 e. The normalized spacial score (nSPS) is 20.3. The van der Waals surface area contributed by atoms with E-state index in [1.807, 2.05) is 35.2 Å². The van der Waals surface area contributed by atoms with Gasteiger partial charge in [0.15, 0.2) is 0 Å². The predicted octanol–water partition coefficient (Wildman–Crippen LogP) is 3.38. The number of hydrogen-bond acceptors (Lipinski definition) is 5. The topological polar surface area (TPSA) is 106 Å². The van der Waals surface area contributed by atoms with Gasteiger partial charge < -0.3 is 20.1 Å². The third kappa shape index (κ3) is 5.76. The fourth-order valence-electron chi connectivity index (χ4n) is 5.04. The first kappa shape index (κ1) is 23.1. The lowest BCUT2D eigenvalue weighted by atomic mass is 9.64.